The molecule has 1 aliphatic carbocycles. The van der Waals surface area contributed by atoms with Gasteiger partial charge in [0.2, 0.25) is 0 Å². The van der Waals surface area contributed by atoms with Crippen LogP contribution in [0.5, 0.6) is 5.75 Å². The molecule has 2 rings (SSSR count). The summed E-state index contributed by atoms with van der Waals surface area (Å²) in [5.41, 5.74) is 0.452. The summed E-state index contributed by atoms with van der Waals surface area (Å²) < 4.78 is 7.71. The first-order valence-electron chi connectivity index (χ1n) is 7.59. The lowest BCUT2D eigenvalue weighted by atomic mass is 9.96. The number of nitrogens with zero attached hydrogens (tertiary/aromatic N) is 1. The number of methoxy groups -OCH3 is 1. The maximum Gasteiger partial charge on any atom is 0.334 e. The Balaban J connectivity index is 2.02. The number of urea groups is 1. The molecular weight excluding hydrogens is 427 g/mol. The number of nitrogens with one attached hydrogen (secondary N) is 1. The van der Waals surface area contributed by atoms with Crippen molar-refractivity contribution in [3.05, 3.63) is 27.3 Å². The fraction of sp³-hybridized carbons (Fsp3) is 0.500. The molecule has 1 saturated carbocycles. The fourth-order valence-corrected chi connectivity index (χ4v) is 4.20. The standard InChI is InChI=1S/C16H21IN2O3S/c1-22-14-9-8-11(10-13(14)17)15(20)18-16(21)19(23-2)12-6-4-3-5-7-12/h8-10,12H,3-7H2,1-2H3,(H,18,20,21). The zero-order valence-corrected chi connectivity index (χ0v) is 16.3. The number of carbonyl (C=O) groups excluding carboxylic acids is 2. The normalized spacial score (nSPS) is 15.1. The summed E-state index contributed by atoms with van der Waals surface area (Å²) in [6.07, 6.45) is 7.38. The zero-order valence-electron chi connectivity index (χ0n) is 13.3. The third-order valence-electron chi connectivity index (χ3n) is 3.94. The Labute approximate surface area is 154 Å². The Morgan fingerprint density at radius 2 is 2.00 bits per heavy atom. The van der Waals surface area contributed by atoms with Gasteiger partial charge in [-0.2, -0.15) is 0 Å². The zero-order chi connectivity index (χ0) is 16.8. The summed E-state index contributed by atoms with van der Waals surface area (Å²) in [6.45, 7) is 0. The third-order valence-corrected chi connectivity index (χ3v) is 5.64. The minimum absolute atomic E-state index is 0.211. The second kappa shape index (κ2) is 8.77. The van der Waals surface area contributed by atoms with E-state index in [0.29, 0.717) is 11.3 Å². The molecule has 0 aromatic heterocycles. The summed E-state index contributed by atoms with van der Waals surface area (Å²) in [7, 11) is 1.58. The Kier molecular flexibility index (Phi) is 7.01. The molecule has 7 heteroatoms. The molecule has 0 spiro atoms. The lowest BCUT2D eigenvalue weighted by molar-refractivity contribution is 0.0956. The molecular formula is C16H21IN2O3S. The lowest BCUT2D eigenvalue weighted by Gasteiger charge is -2.31. The molecule has 0 unspecified atom stereocenters. The van der Waals surface area contributed by atoms with Crippen molar-refractivity contribution >= 4 is 46.5 Å². The van der Waals surface area contributed by atoms with Gasteiger partial charge in [0.25, 0.3) is 5.91 Å². The van der Waals surface area contributed by atoms with E-state index in [1.165, 1.54) is 18.4 Å². The first kappa shape index (κ1) is 18.4. The van der Waals surface area contributed by atoms with Crippen molar-refractivity contribution in [1.29, 1.82) is 0 Å². The average molecular weight is 448 g/mol. The first-order valence-corrected chi connectivity index (χ1v) is 9.85. The Hall–Kier alpha value is -0.960. The van der Waals surface area contributed by atoms with Crippen molar-refractivity contribution < 1.29 is 14.3 Å². The monoisotopic (exact) mass is 448 g/mol. The van der Waals surface area contributed by atoms with E-state index < -0.39 is 0 Å². The number of imide groups is 1. The second-order valence-corrected chi connectivity index (χ2v) is 7.33. The van der Waals surface area contributed by atoms with Crippen LogP contribution in [0.2, 0.25) is 0 Å². The molecule has 126 valence electrons. The Morgan fingerprint density at radius 3 is 2.57 bits per heavy atom. The van der Waals surface area contributed by atoms with E-state index in [0.717, 1.165) is 29.3 Å². The molecule has 0 radical (unpaired) electrons. The van der Waals surface area contributed by atoms with Crippen LogP contribution in [0.15, 0.2) is 18.2 Å². The molecule has 5 nitrogen and oxygen atoms in total. The highest BCUT2D eigenvalue weighted by atomic mass is 127. The smallest absolute Gasteiger partial charge is 0.334 e. The van der Waals surface area contributed by atoms with Gasteiger partial charge in [-0.25, -0.2) is 4.79 Å². The van der Waals surface area contributed by atoms with E-state index in [4.69, 9.17) is 4.74 Å². The molecule has 3 amide bonds. The number of halogens is 1. The van der Waals surface area contributed by atoms with Gasteiger partial charge in [0.1, 0.15) is 5.75 Å². The van der Waals surface area contributed by atoms with Crippen LogP contribution in [0.1, 0.15) is 42.5 Å². The van der Waals surface area contributed by atoms with Crippen molar-refractivity contribution in [2.24, 2.45) is 0 Å². The maximum absolute atomic E-state index is 12.4. The van der Waals surface area contributed by atoms with Crippen LogP contribution in [-0.4, -0.2) is 35.7 Å². The number of rotatable bonds is 4. The van der Waals surface area contributed by atoms with Gasteiger partial charge >= 0.3 is 6.03 Å². The van der Waals surface area contributed by atoms with Crippen LogP contribution in [-0.2, 0) is 0 Å². The predicted molar refractivity (Wildman–Crippen MR) is 101 cm³/mol. The molecule has 0 bridgehead atoms. The van der Waals surface area contributed by atoms with E-state index in [-0.39, 0.29) is 18.0 Å². The SMILES string of the molecule is COc1ccc(C(=O)NC(=O)N(SC)C2CCCCC2)cc1I. The third kappa shape index (κ3) is 4.76. The number of hydrogen-bond donors (Lipinski definition) is 1. The highest BCUT2D eigenvalue weighted by Gasteiger charge is 2.26. The van der Waals surface area contributed by atoms with Gasteiger partial charge in [-0.1, -0.05) is 19.3 Å². The predicted octanol–water partition coefficient (Wildman–Crippen LogP) is 4.06. The van der Waals surface area contributed by atoms with E-state index in [2.05, 4.69) is 27.9 Å². The Bertz CT molecular complexity index is 576. The van der Waals surface area contributed by atoms with Crippen molar-refractivity contribution in [1.82, 2.24) is 9.62 Å². The highest BCUT2D eigenvalue weighted by molar-refractivity contribution is 14.1. The number of benzene rings is 1. The van der Waals surface area contributed by atoms with Crippen LogP contribution in [0.4, 0.5) is 4.79 Å². The van der Waals surface area contributed by atoms with Gasteiger partial charge in [-0.3, -0.25) is 14.4 Å². The summed E-state index contributed by atoms with van der Waals surface area (Å²) in [5, 5.41) is 2.49. The maximum atomic E-state index is 12.4. The van der Waals surface area contributed by atoms with Gasteiger partial charge in [0.15, 0.2) is 0 Å². The van der Waals surface area contributed by atoms with Crippen LogP contribution in [0.25, 0.3) is 0 Å². The summed E-state index contributed by atoms with van der Waals surface area (Å²) >= 11 is 3.48. The molecule has 0 aliphatic heterocycles. The number of amides is 3. The van der Waals surface area contributed by atoms with Gasteiger partial charge in [-0.15, -0.1) is 0 Å². The van der Waals surface area contributed by atoms with Crippen molar-refractivity contribution in [3.63, 3.8) is 0 Å². The minimum Gasteiger partial charge on any atom is -0.496 e. The van der Waals surface area contributed by atoms with Crippen molar-refractivity contribution in [2.75, 3.05) is 13.4 Å². The van der Waals surface area contributed by atoms with Crippen LogP contribution in [0.3, 0.4) is 0 Å². The highest BCUT2D eigenvalue weighted by Crippen LogP contribution is 2.26. The van der Waals surface area contributed by atoms with Gasteiger partial charge in [0, 0.05) is 17.9 Å². The molecule has 0 atom stereocenters. The van der Waals surface area contributed by atoms with Gasteiger partial charge < -0.3 is 4.74 Å². The summed E-state index contributed by atoms with van der Waals surface area (Å²) in [4.78, 5) is 24.7. The van der Waals surface area contributed by atoms with E-state index in [1.54, 1.807) is 29.6 Å². The Morgan fingerprint density at radius 1 is 1.30 bits per heavy atom. The second-order valence-electron chi connectivity index (χ2n) is 5.41. The summed E-state index contributed by atoms with van der Waals surface area (Å²) in [5.74, 6) is 0.326. The largest absolute Gasteiger partial charge is 0.496 e. The van der Waals surface area contributed by atoms with Crippen molar-refractivity contribution in [2.45, 2.75) is 38.1 Å². The first-order chi connectivity index (χ1) is 11.1. The number of ether oxygens (including phenoxy) is 1. The molecule has 1 N–H and O–H groups in total. The summed E-state index contributed by atoms with van der Waals surface area (Å²) in [6, 6.07) is 4.98. The van der Waals surface area contributed by atoms with E-state index in [1.807, 2.05) is 6.26 Å². The lowest BCUT2D eigenvalue weighted by Crippen LogP contribution is -2.44. The van der Waals surface area contributed by atoms with Gasteiger partial charge in [0.05, 0.1) is 10.7 Å². The number of carbonyl (C=O) groups is 2. The van der Waals surface area contributed by atoms with Crippen molar-refractivity contribution in [3.8, 4) is 5.75 Å². The van der Waals surface area contributed by atoms with Gasteiger partial charge in [-0.05, 0) is 65.6 Å². The molecule has 1 aromatic carbocycles. The topological polar surface area (TPSA) is 58.6 Å². The van der Waals surface area contributed by atoms with E-state index in [9.17, 15) is 9.59 Å². The number of hydrogen-bond acceptors (Lipinski definition) is 4. The molecule has 1 aliphatic rings. The fourth-order valence-electron chi connectivity index (χ4n) is 2.75. The average Bonchev–Trinajstić information content (AvgIpc) is 2.56. The van der Waals surface area contributed by atoms with Crippen LogP contribution < -0.4 is 10.1 Å². The quantitative estimate of drug-likeness (QED) is 0.558. The molecule has 23 heavy (non-hydrogen) atoms. The molecule has 1 fully saturated rings. The van der Waals surface area contributed by atoms with E-state index >= 15 is 0 Å². The minimum atomic E-state index is -0.384. The molecule has 0 heterocycles. The van der Waals surface area contributed by atoms with Crippen LogP contribution in [0, 0.1) is 3.57 Å². The van der Waals surface area contributed by atoms with Crippen LogP contribution >= 0.6 is 34.5 Å². The molecule has 0 saturated heterocycles. The molecule has 1 aromatic rings.